The summed E-state index contributed by atoms with van der Waals surface area (Å²) >= 11 is 0. The summed E-state index contributed by atoms with van der Waals surface area (Å²) in [7, 11) is 0. The van der Waals surface area contributed by atoms with Gasteiger partial charge in [0, 0.05) is 22.3 Å². The number of hydrogen-bond acceptors (Lipinski definition) is 0. The highest BCUT2D eigenvalue weighted by molar-refractivity contribution is 5.99. The lowest BCUT2D eigenvalue weighted by Crippen LogP contribution is -2.31. The predicted octanol–water partition coefficient (Wildman–Crippen LogP) is 14.3. The molecule has 6 aromatic rings. The molecule has 0 aliphatic heterocycles. The summed E-state index contributed by atoms with van der Waals surface area (Å²) in [5.41, 5.74) is 14.7. The van der Waals surface area contributed by atoms with Gasteiger partial charge in [0.1, 0.15) is 0 Å². The van der Waals surface area contributed by atoms with Crippen molar-refractivity contribution in [3.05, 3.63) is 173 Å². The Bertz CT molecular complexity index is 2610. The van der Waals surface area contributed by atoms with Crippen molar-refractivity contribution in [2.75, 3.05) is 0 Å². The van der Waals surface area contributed by atoms with E-state index in [9.17, 15) is 0 Å². The minimum absolute atomic E-state index is 0.991. The van der Waals surface area contributed by atoms with Crippen LogP contribution in [0.3, 0.4) is 0 Å². The standard InChI is InChI=1S/C52H49N.C2H6/c1-7-18-44-43(11-5)45-25-15-16-26-46(45)47-31-29-41(34-49(44)47)39-23-17-24-40(33-39)42-30-32-52-50(35-42)48(19-8-2)51(20-9-3)53(52)36(6)27-28-37(10-4)38-21-13-12-14-22-38;1-2/h7-8,10-14,17-19,21-35H,4-5,9,15-16,20H2,1-3,6H3;1-2H3/b18-7-,19-8-,36-27+,37-28+;. The second-order valence-corrected chi connectivity index (χ2v) is 13.9. The maximum Gasteiger partial charge on any atom is 0.0534 e. The molecule has 0 bridgehead atoms. The highest BCUT2D eigenvalue weighted by Crippen LogP contribution is 2.36. The molecule has 0 atom stereocenters. The Morgan fingerprint density at radius 1 is 0.655 bits per heavy atom. The fraction of sp³-hybridized carbons (Fsp3) is 0.185. The lowest BCUT2D eigenvalue weighted by molar-refractivity contribution is 0.856. The Labute approximate surface area is 329 Å². The van der Waals surface area contributed by atoms with E-state index in [2.05, 4.69) is 179 Å². The van der Waals surface area contributed by atoms with E-state index in [0.29, 0.717) is 0 Å². The maximum absolute atomic E-state index is 4.23. The van der Waals surface area contributed by atoms with Crippen LogP contribution >= 0.6 is 0 Å². The summed E-state index contributed by atoms with van der Waals surface area (Å²) in [6.07, 6.45) is 26.2. The molecule has 1 aliphatic carbocycles. The van der Waals surface area contributed by atoms with Crippen LogP contribution in [0.4, 0.5) is 0 Å². The molecule has 7 rings (SSSR count). The Morgan fingerprint density at radius 2 is 1.29 bits per heavy atom. The van der Waals surface area contributed by atoms with Gasteiger partial charge in [0.05, 0.1) is 5.52 Å². The van der Waals surface area contributed by atoms with Crippen molar-refractivity contribution in [3.8, 4) is 22.3 Å². The molecule has 0 radical (unpaired) electrons. The lowest BCUT2D eigenvalue weighted by Gasteiger charge is -2.15. The SMILES string of the molecule is C=C/C(=C\C=C(/C)n1c(CCC)c(/C=C\C)c2cc(-c3cccc(-c4ccc5c6c(c(C=C)c(/C=C\C)c5c4)=CCCC=6)c3)ccc21)c1ccccc1.CC. The normalized spacial score (nSPS) is 13.1. The van der Waals surface area contributed by atoms with Gasteiger partial charge in [-0.3, -0.25) is 0 Å². The van der Waals surface area contributed by atoms with E-state index in [4.69, 9.17) is 0 Å². The molecule has 0 spiro atoms. The van der Waals surface area contributed by atoms with Gasteiger partial charge in [-0.15, -0.1) is 0 Å². The van der Waals surface area contributed by atoms with E-state index in [-0.39, 0.29) is 0 Å². The smallest absolute Gasteiger partial charge is 0.0534 e. The minimum atomic E-state index is 0.991. The Balaban J connectivity index is 0.00000253. The molecule has 0 amide bonds. The number of allylic oxidation sites excluding steroid dienone is 7. The van der Waals surface area contributed by atoms with Crippen molar-refractivity contribution in [3.63, 3.8) is 0 Å². The van der Waals surface area contributed by atoms with Crippen LogP contribution < -0.4 is 10.4 Å². The van der Waals surface area contributed by atoms with Crippen molar-refractivity contribution in [2.24, 2.45) is 0 Å². The lowest BCUT2D eigenvalue weighted by atomic mass is 9.89. The molecule has 5 aromatic carbocycles. The van der Waals surface area contributed by atoms with E-state index in [1.165, 1.54) is 88.0 Å². The molecular weight excluding hydrogens is 663 g/mol. The van der Waals surface area contributed by atoms with Gasteiger partial charge in [0.2, 0.25) is 0 Å². The van der Waals surface area contributed by atoms with Crippen LogP contribution in [-0.2, 0) is 6.42 Å². The second-order valence-electron chi connectivity index (χ2n) is 13.9. The maximum atomic E-state index is 4.23. The molecule has 0 N–H and O–H groups in total. The number of rotatable bonds is 11. The number of aromatic nitrogens is 1. The Morgan fingerprint density at radius 3 is 1.95 bits per heavy atom. The molecule has 0 unspecified atom stereocenters. The molecule has 1 heteroatoms. The molecule has 0 saturated heterocycles. The van der Waals surface area contributed by atoms with Gasteiger partial charge in [-0.05, 0) is 136 Å². The van der Waals surface area contributed by atoms with Crippen LogP contribution in [0.5, 0.6) is 0 Å². The van der Waals surface area contributed by atoms with Gasteiger partial charge >= 0.3 is 0 Å². The van der Waals surface area contributed by atoms with Gasteiger partial charge in [0.25, 0.3) is 0 Å². The average molecular weight is 718 g/mol. The number of hydrogen-bond donors (Lipinski definition) is 0. The zero-order valence-corrected chi connectivity index (χ0v) is 33.6. The monoisotopic (exact) mass is 717 g/mol. The van der Waals surface area contributed by atoms with Crippen molar-refractivity contribution in [1.29, 1.82) is 0 Å². The Kier molecular flexibility index (Phi) is 12.7. The fourth-order valence-electron chi connectivity index (χ4n) is 8.09. The zero-order chi connectivity index (χ0) is 38.9. The van der Waals surface area contributed by atoms with E-state index in [0.717, 1.165) is 31.3 Å². The summed E-state index contributed by atoms with van der Waals surface area (Å²) in [4.78, 5) is 0. The van der Waals surface area contributed by atoms with Crippen LogP contribution in [0.25, 0.3) is 85.6 Å². The third-order valence-electron chi connectivity index (χ3n) is 10.5. The molecule has 1 heterocycles. The zero-order valence-electron chi connectivity index (χ0n) is 33.6. The Hall–Kier alpha value is -5.92. The van der Waals surface area contributed by atoms with Crippen LogP contribution in [0.1, 0.15) is 88.8 Å². The van der Waals surface area contributed by atoms with Gasteiger partial charge in [-0.25, -0.2) is 0 Å². The fourth-order valence-corrected chi connectivity index (χ4v) is 8.09. The molecular formula is C54H55N. The van der Waals surface area contributed by atoms with Gasteiger partial charge in [-0.1, -0.05) is 162 Å². The van der Waals surface area contributed by atoms with Crippen molar-refractivity contribution in [2.45, 2.75) is 67.2 Å². The quantitative estimate of drug-likeness (QED) is 0.118. The molecule has 1 aliphatic rings. The van der Waals surface area contributed by atoms with Gasteiger partial charge < -0.3 is 4.57 Å². The summed E-state index contributed by atoms with van der Waals surface area (Å²) in [6.45, 7) is 21.0. The molecule has 55 heavy (non-hydrogen) atoms. The first-order chi connectivity index (χ1) is 27.0. The van der Waals surface area contributed by atoms with Crippen LogP contribution in [0, 0.1) is 0 Å². The first-order valence-electron chi connectivity index (χ1n) is 20.0. The summed E-state index contributed by atoms with van der Waals surface area (Å²) in [5.74, 6) is 0. The van der Waals surface area contributed by atoms with Crippen molar-refractivity contribution >= 4 is 63.3 Å². The van der Waals surface area contributed by atoms with E-state index >= 15 is 0 Å². The molecule has 1 nitrogen and oxygen atoms in total. The summed E-state index contributed by atoms with van der Waals surface area (Å²) in [5, 5.41) is 6.52. The topological polar surface area (TPSA) is 4.93 Å². The molecule has 276 valence electrons. The number of nitrogens with zero attached hydrogens (tertiary/aromatic N) is 1. The molecule has 0 saturated carbocycles. The van der Waals surface area contributed by atoms with Crippen LogP contribution in [0.2, 0.25) is 0 Å². The molecule has 0 fully saturated rings. The third kappa shape index (κ3) is 7.71. The van der Waals surface area contributed by atoms with E-state index in [1.54, 1.807) is 0 Å². The predicted molar refractivity (Wildman–Crippen MR) is 247 cm³/mol. The van der Waals surface area contributed by atoms with E-state index in [1.807, 2.05) is 32.1 Å². The van der Waals surface area contributed by atoms with Crippen molar-refractivity contribution in [1.82, 2.24) is 4.57 Å². The summed E-state index contributed by atoms with van der Waals surface area (Å²) < 4.78 is 2.46. The highest BCUT2D eigenvalue weighted by atomic mass is 15.0. The van der Waals surface area contributed by atoms with E-state index < -0.39 is 0 Å². The molecule has 1 aromatic heterocycles. The highest BCUT2D eigenvalue weighted by Gasteiger charge is 2.18. The average Bonchev–Trinajstić information content (AvgIpc) is 3.54. The summed E-state index contributed by atoms with van der Waals surface area (Å²) in [6, 6.07) is 33.5. The second kappa shape index (κ2) is 17.9. The first-order valence-corrected chi connectivity index (χ1v) is 20.0. The third-order valence-corrected chi connectivity index (χ3v) is 10.5. The minimum Gasteiger partial charge on any atom is -0.317 e. The largest absolute Gasteiger partial charge is 0.317 e. The number of fused-ring (bicyclic) bond motifs is 4. The van der Waals surface area contributed by atoms with Crippen molar-refractivity contribution < 1.29 is 0 Å². The number of benzene rings is 5. The van der Waals surface area contributed by atoms with Crippen LogP contribution in [0.15, 0.2) is 135 Å². The van der Waals surface area contributed by atoms with Gasteiger partial charge in [-0.2, -0.15) is 0 Å². The van der Waals surface area contributed by atoms with Gasteiger partial charge in [0.15, 0.2) is 0 Å². The van der Waals surface area contributed by atoms with Crippen LogP contribution in [-0.4, -0.2) is 4.57 Å². The first kappa shape index (κ1) is 38.8.